The molecule has 1 aliphatic rings. The summed E-state index contributed by atoms with van der Waals surface area (Å²) in [5.74, 6) is -0.485. The van der Waals surface area contributed by atoms with Crippen molar-refractivity contribution < 1.29 is 26.3 Å². The van der Waals surface area contributed by atoms with Gasteiger partial charge in [0, 0.05) is 13.1 Å². The third kappa shape index (κ3) is 4.50. The quantitative estimate of drug-likeness (QED) is 0.823. The summed E-state index contributed by atoms with van der Waals surface area (Å²) >= 11 is 0. The lowest BCUT2D eigenvalue weighted by Crippen LogP contribution is -2.28. The maximum Gasteiger partial charge on any atom is 0.573 e. The second-order valence-electron chi connectivity index (χ2n) is 5.37. The highest BCUT2D eigenvalue weighted by molar-refractivity contribution is 7.89. The van der Waals surface area contributed by atoms with Crippen molar-refractivity contribution in [1.29, 1.82) is 0 Å². The lowest BCUT2D eigenvalue weighted by atomic mass is 10.3. The molecule has 2 N–H and O–H groups in total. The maximum absolute atomic E-state index is 12.2. The van der Waals surface area contributed by atoms with Gasteiger partial charge in [0.15, 0.2) is 0 Å². The molecule has 1 aliphatic heterocycles. The zero-order valence-corrected chi connectivity index (χ0v) is 13.7. The summed E-state index contributed by atoms with van der Waals surface area (Å²) in [4.78, 5) is -0.160. The molecule has 0 unspecified atom stereocenters. The molecule has 3 rings (SSSR count). The Morgan fingerprint density at radius 3 is 2.64 bits per heavy atom. The molecule has 1 aromatic carbocycles. The monoisotopic (exact) mass is 376 g/mol. The number of rotatable bonds is 5. The van der Waals surface area contributed by atoms with Crippen LogP contribution in [-0.2, 0) is 29.7 Å². The smallest absolute Gasteiger partial charge is 0.406 e. The van der Waals surface area contributed by atoms with Crippen LogP contribution in [0.15, 0.2) is 35.2 Å². The Hall–Kier alpha value is -2.11. The van der Waals surface area contributed by atoms with Gasteiger partial charge < -0.3 is 10.1 Å². The summed E-state index contributed by atoms with van der Waals surface area (Å²) in [7, 11) is -3.87. The molecule has 0 spiro atoms. The molecule has 0 atom stereocenters. The van der Waals surface area contributed by atoms with E-state index in [-0.39, 0.29) is 11.4 Å². The van der Waals surface area contributed by atoms with E-state index >= 15 is 0 Å². The first-order chi connectivity index (χ1) is 11.7. The summed E-state index contributed by atoms with van der Waals surface area (Å²) < 4.78 is 68.7. The van der Waals surface area contributed by atoms with E-state index in [0.717, 1.165) is 36.5 Å². The van der Waals surface area contributed by atoms with Crippen molar-refractivity contribution in [3.05, 3.63) is 41.7 Å². The van der Waals surface area contributed by atoms with E-state index in [4.69, 9.17) is 0 Å². The molecule has 2 aromatic rings. The van der Waals surface area contributed by atoms with Gasteiger partial charge in [-0.05, 0) is 30.3 Å². The number of ether oxygens (including phenoxy) is 1. The highest BCUT2D eigenvalue weighted by Crippen LogP contribution is 2.23. The third-order valence-electron chi connectivity index (χ3n) is 3.53. The van der Waals surface area contributed by atoms with Crippen LogP contribution in [0.25, 0.3) is 0 Å². The van der Waals surface area contributed by atoms with Gasteiger partial charge >= 0.3 is 6.36 Å². The number of alkyl halides is 3. The van der Waals surface area contributed by atoms with Gasteiger partial charge in [-0.3, -0.25) is 4.68 Å². The van der Waals surface area contributed by atoms with E-state index < -0.39 is 22.1 Å². The van der Waals surface area contributed by atoms with Crippen LogP contribution in [0.4, 0.5) is 13.2 Å². The van der Waals surface area contributed by atoms with Crippen LogP contribution in [-0.4, -0.2) is 31.1 Å². The van der Waals surface area contributed by atoms with Crippen LogP contribution in [0.1, 0.15) is 11.4 Å². The zero-order valence-electron chi connectivity index (χ0n) is 12.9. The molecule has 0 bridgehead atoms. The number of hydrogen-bond donors (Lipinski definition) is 2. The fraction of sp³-hybridized carbons (Fsp3) is 0.357. The molecule has 11 heteroatoms. The summed E-state index contributed by atoms with van der Waals surface area (Å²) in [6.45, 7) is 2.17. The van der Waals surface area contributed by atoms with Gasteiger partial charge in [-0.2, -0.15) is 5.10 Å². The van der Waals surface area contributed by atoms with Crippen molar-refractivity contribution in [3.63, 3.8) is 0 Å². The molecule has 2 heterocycles. The van der Waals surface area contributed by atoms with E-state index in [1.54, 1.807) is 6.07 Å². The topological polar surface area (TPSA) is 85.2 Å². The summed E-state index contributed by atoms with van der Waals surface area (Å²) in [5, 5.41) is 7.49. The first kappa shape index (κ1) is 17.7. The molecule has 0 radical (unpaired) electrons. The number of sulfonamides is 1. The molecule has 0 fully saturated rings. The van der Waals surface area contributed by atoms with E-state index in [1.165, 1.54) is 0 Å². The largest absolute Gasteiger partial charge is 0.573 e. The highest BCUT2D eigenvalue weighted by atomic mass is 32.2. The Balaban J connectivity index is 1.66. The third-order valence-corrected chi connectivity index (χ3v) is 4.95. The minimum absolute atomic E-state index is 0.0108. The molecule has 0 saturated heterocycles. The van der Waals surface area contributed by atoms with Gasteiger partial charge in [-0.15, -0.1) is 13.2 Å². The summed E-state index contributed by atoms with van der Waals surface area (Å²) in [6.07, 6.45) is -4.83. The minimum Gasteiger partial charge on any atom is -0.406 e. The van der Waals surface area contributed by atoms with Crippen LogP contribution in [0, 0.1) is 0 Å². The van der Waals surface area contributed by atoms with E-state index in [9.17, 15) is 21.6 Å². The highest BCUT2D eigenvalue weighted by Gasteiger charge is 2.31. The number of nitrogens with zero attached hydrogens (tertiary/aromatic N) is 2. The van der Waals surface area contributed by atoms with Crippen LogP contribution >= 0.6 is 0 Å². The maximum atomic E-state index is 12.2. The molecule has 136 valence electrons. The number of fused-ring (bicyclic) bond motifs is 1. The van der Waals surface area contributed by atoms with Crippen molar-refractivity contribution in [2.45, 2.75) is 30.9 Å². The number of aromatic nitrogens is 2. The average molecular weight is 376 g/mol. The number of nitrogens with one attached hydrogen (secondary N) is 2. The van der Waals surface area contributed by atoms with Gasteiger partial charge in [0.25, 0.3) is 0 Å². The molecule has 1 aromatic heterocycles. The first-order valence-electron chi connectivity index (χ1n) is 7.35. The molecular weight excluding hydrogens is 361 g/mol. The molecule has 0 amide bonds. The van der Waals surface area contributed by atoms with Gasteiger partial charge in [-0.1, -0.05) is 0 Å². The van der Waals surface area contributed by atoms with Crippen LogP contribution in [0.2, 0.25) is 0 Å². The Kier molecular flexibility index (Phi) is 4.71. The van der Waals surface area contributed by atoms with E-state index in [1.807, 2.05) is 4.68 Å². The molecular formula is C14H15F3N4O3S. The lowest BCUT2D eigenvalue weighted by Gasteiger charge is -2.13. The van der Waals surface area contributed by atoms with Crippen molar-refractivity contribution in [3.8, 4) is 5.75 Å². The number of halogens is 3. The Morgan fingerprint density at radius 1 is 1.28 bits per heavy atom. The molecule has 25 heavy (non-hydrogen) atoms. The average Bonchev–Trinajstić information content (AvgIpc) is 2.95. The summed E-state index contributed by atoms with van der Waals surface area (Å²) in [5.41, 5.74) is 1.54. The zero-order chi connectivity index (χ0) is 18.1. The van der Waals surface area contributed by atoms with Crippen molar-refractivity contribution in [2.24, 2.45) is 0 Å². The second kappa shape index (κ2) is 6.65. The Labute approximate surface area is 141 Å². The fourth-order valence-corrected chi connectivity index (χ4v) is 3.41. The standard InChI is InChI=1S/C14H15F3N4O3S/c15-14(16,17)24-12-1-3-13(4-2-12)25(22,23)19-8-10-7-11-9-18-5-6-21(11)20-10/h1-4,7,18-19H,5-6,8-9H2. The lowest BCUT2D eigenvalue weighted by molar-refractivity contribution is -0.274. The van der Waals surface area contributed by atoms with Crippen molar-refractivity contribution >= 4 is 10.0 Å². The van der Waals surface area contributed by atoms with Gasteiger partial charge in [0.2, 0.25) is 10.0 Å². The molecule has 0 saturated carbocycles. The van der Waals surface area contributed by atoms with Gasteiger partial charge in [0.05, 0.1) is 29.4 Å². The van der Waals surface area contributed by atoms with E-state index in [0.29, 0.717) is 18.8 Å². The van der Waals surface area contributed by atoms with Gasteiger partial charge in [-0.25, -0.2) is 13.1 Å². The van der Waals surface area contributed by atoms with Crippen molar-refractivity contribution in [2.75, 3.05) is 6.54 Å². The van der Waals surface area contributed by atoms with Crippen molar-refractivity contribution in [1.82, 2.24) is 19.8 Å². The van der Waals surface area contributed by atoms with E-state index in [2.05, 4.69) is 19.9 Å². The molecule has 7 nitrogen and oxygen atoms in total. The predicted molar refractivity (Wildman–Crippen MR) is 81.1 cm³/mol. The fourth-order valence-electron chi connectivity index (χ4n) is 2.41. The summed E-state index contributed by atoms with van der Waals surface area (Å²) in [6, 6.07) is 5.79. The SMILES string of the molecule is O=S(=O)(NCc1cc2n(n1)CCNC2)c1ccc(OC(F)(F)F)cc1. The Morgan fingerprint density at radius 2 is 2.00 bits per heavy atom. The van der Waals surface area contributed by atoms with Gasteiger partial charge in [0.1, 0.15) is 5.75 Å². The number of hydrogen-bond acceptors (Lipinski definition) is 5. The van der Waals surface area contributed by atoms with Crippen LogP contribution < -0.4 is 14.8 Å². The van der Waals surface area contributed by atoms with Crippen LogP contribution in [0.3, 0.4) is 0 Å². The first-order valence-corrected chi connectivity index (χ1v) is 8.83. The number of benzene rings is 1. The normalized spacial score (nSPS) is 15.0. The Bertz CT molecular complexity index is 824. The van der Waals surface area contributed by atoms with Crippen LogP contribution in [0.5, 0.6) is 5.75 Å². The predicted octanol–water partition coefficient (Wildman–Crippen LogP) is 1.36. The molecule has 0 aliphatic carbocycles. The minimum atomic E-state index is -4.83. The second-order valence-corrected chi connectivity index (χ2v) is 7.14.